The molecule has 1 heterocycles. The van der Waals surface area contributed by atoms with Crippen LogP contribution in [0.2, 0.25) is 0 Å². The summed E-state index contributed by atoms with van der Waals surface area (Å²) in [6.07, 6.45) is 3.53. The molecule has 1 saturated heterocycles. The predicted octanol–water partition coefficient (Wildman–Crippen LogP) is 0.781. The van der Waals surface area contributed by atoms with Crippen LogP contribution in [-0.2, 0) is 9.84 Å². The van der Waals surface area contributed by atoms with E-state index in [-0.39, 0.29) is 5.37 Å². The molecule has 2 unspecified atom stereocenters. The highest BCUT2D eigenvalue weighted by atomic mass is 32.2. The molecule has 1 aliphatic heterocycles. The quantitative estimate of drug-likeness (QED) is 0.779. The van der Waals surface area contributed by atoms with Crippen LogP contribution in [0.1, 0.15) is 19.8 Å². The minimum absolute atomic E-state index is 0.313. The van der Waals surface area contributed by atoms with Crippen LogP contribution in [-0.4, -0.2) is 56.1 Å². The van der Waals surface area contributed by atoms with E-state index in [0.717, 1.165) is 31.7 Å². The average molecular weight is 280 g/mol. The van der Waals surface area contributed by atoms with E-state index in [9.17, 15) is 8.42 Å². The first-order valence-electron chi connectivity index (χ1n) is 6.19. The number of rotatable bonds is 6. The molecule has 0 aromatic carbocycles. The summed E-state index contributed by atoms with van der Waals surface area (Å²) in [4.78, 5) is 2.11. The van der Waals surface area contributed by atoms with Crippen LogP contribution in [0.15, 0.2) is 0 Å². The Morgan fingerprint density at radius 1 is 1.53 bits per heavy atom. The van der Waals surface area contributed by atoms with Crippen molar-refractivity contribution in [3.63, 3.8) is 0 Å². The van der Waals surface area contributed by atoms with E-state index < -0.39 is 9.84 Å². The van der Waals surface area contributed by atoms with Crippen LogP contribution >= 0.6 is 11.8 Å². The van der Waals surface area contributed by atoms with Gasteiger partial charge in [-0.15, -0.1) is 0 Å². The second-order valence-electron chi connectivity index (χ2n) is 4.74. The maximum atomic E-state index is 11.7. The Hall–Kier alpha value is 0.220. The first kappa shape index (κ1) is 15.3. The summed E-state index contributed by atoms with van der Waals surface area (Å²) in [6, 6.07) is 0. The normalized spacial score (nSPS) is 24.8. The number of hydrogen-bond acceptors (Lipinski definition) is 5. The first-order valence-corrected chi connectivity index (χ1v) is 9.30. The average Bonchev–Trinajstić information content (AvgIpc) is 2.27. The van der Waals surface area contributed by atoms with Crippen molar-refractivity contribution in [2.24, 2.45) is 11.7 Å². The van der Waals surface area contributed by atoms with Crippen molar-refractivity contribution in [3.05, 3.63) is 0 Å². The summed E-state index contributed by atoms with van der Waals surface area (Å²) in [7, 11) is -2.98. The largest absolute Gasteiger partial charge is 0.330 e. The van der Waals surface area contributed by atoms with Gasteiger partial charge in [0.05, 0.1) is 0 Å². The molecule has 1 rings (SSSR count). The molecule has 0 aromatic rings. The summed E-state index contributed by atoms with van der Waals surface area (Å²) in [6.45, 7) is 4.47. The Balaban J connectivity index is 2.65. The van der Waals surface area contributed by atoms with Gasteiger partial charge in [0.15, 0.2) is 9.84 Å². The van der Waals surface area contributed by atoms with Gasteiger partial charge in [-0.25, -0.2) is 8.42 Å². The molecule has 4 nitrogen and oxygen atoms in total. The fourth-order valence-electron chi connectivity index (χ4n) is 2.24. The topological polar surface area (TPSA) is 63.4 Å². The zero-order chi connectivity index (χ0) is 12.9. The third-order valence-corrected chi connectivity index (χ3v) is 5.89. The number of nitrogens with zero attached hydrogens (tertiary/aromatic N) is 1. The second kappa shape index (κ2) is 6.97. The molecule has 0 aliphatic carbocycles. The molecule has 0 radical (unpaired) electrons. The Morgan fingerprint density at radius 2 is 2.24 bits per heavy atom. The van der Waals surface area contributed by atoms with E-state index in [1.165, 1.54) is 6.26 Å². The zero-order valence-corrected chi connectivity index (χ0v) is 12.4. The number of nitrogens with two attached hydrogens (primary N) is 1. The lowest BCUT2D eigenvalue weighted by molar-refractivity contribution is 0.223. The molecule has 2 atom stereocenters. The Labute approximate surface area is 109 Å². The number of sulfone groups is 1. The molecule has 0 amide bonds. The van der Waals surface area contributed by atoms with Crippen molar-refractivity contribution in [3.8, 4) is 0 Å². The lowest BCUT2D eigenvalue weighted by Crippen LogP contribution is -2.49. The Morgan fingerprint density at radius 3 is 2.76 bits per heavy atom. The molecular weight excluding hydrogens is 256 g/mol. The molecule has 102 valence electrons. The minimum Gasteiger partial charge on any atom is -0.330 e. The van der Waals surface area contributed by atoms with Gasteiger partial charge < -0.3 is 5.73 Å². The van der Waals surface area contributed by atoms with E-state index in [4.69, 9.17) is 5.73 Å². The van der Waals surface area contributed by atoms with Crippen molar-refractivity contribution < 1.29 is 8.42 Å². The van der Waals surface area contributed by atoms with Crippen molar-refractivity contribution in [2.45, 2.75) is 25.1 Å². The van der Waals surface area contributed by atoms with E-state index in [0.29, 0.717) is 18.2 Å². The Kier molecular flexibility index (Phi) is 6.26. The van der Waals surface area contributed by atoms with E-state index in [1.807, 2.05) is 0 Å². The molecule has 6 heteroatoms. The highest BCUT2D eigenvalue weighted by Crippen LogP contribution is 2.22. The summed E-state index contributed by atoms with van der Waals surface area (Å²) in [5.74, 6) is 2.14. The highest BCUT2D eigenvalue weighted by Gasteiger charge is 2.31. The fraction of sp³-hybridized carbons (Fsp3) is 1.00. The van der Waals surface area contributed by atoms with Crippen molar-refractivity contribution in [1.82, 2.24) is 4.90 Å². The monoisotopic (exact) mass is 280 g/mol. The molecule has 1 fully saturated rings. The van der Waals surface area contributed by atoms with Crippen LogP contribution in [0, 0.1) is 5.92 Å². The molecule has 0 saturated carbocycles. The lowest BCUT2D eigenvalue weighted by atomic mass is 10.0. The van der Waals surface area contributed by atoms with Gasteiger partial charge in [-0.3, -0.25) is 4.90 Å². The van der Waals surface area contributed by atoms with Crippen LogP contribution in [0.3, 0.4) is 0 Å². The van der Waals surface area contributed by atoms with Gasteiger partial charge in [0.25, 0.3) is 0 Å². The van der Waals surface area contributed by atoms with Crippen LogP contribution in [0.5, 0.6) is 0 Å². The number of hydrogen-bond donors (Lipinski definition) is 1. The van der Waals surface area contributed by atoms with Crippen molar-refractivity contribution in [2.75, 3.05) is 37.4 Å². The molecule has 17 heavy (non-hydrogen) atoms. The van der Waals surface area contributed by atoms with Gasteiger partial charge in [-0.1, -0.05) is 13.3 Å². The first-order chi connectivity index (χ1) is 7.99. The lowest BCUT2D eigenvalue weighted by Gasteiger charge is -2.36. The van der Waals surface area contributed by atoms with Crippen LogP contribution < -0.4 is 5.73 Å². The summed E-state index contributed by atoms with van der Waals surface area (Å²) < 4.78 is 23.5. The molecule has 1 aliphatic rings. The second-order valence-corrected chi connectivity index (χ2v) is 8.10. The smallest absolute Gasteiger partial charge is 0.164 e. The predicted molar refractivity (Wildman–Crippen MR) is 75.0 cm³/mol. The summed E-state index contributed by atoms with van der Waals surface area (Å²) >= 11 is 1.73. The zero-order valence-electron chi connectivity index (χ0n) is 10.8. The molecule has 0 spiro atoms. The minimum atomic E-state index is -2.98. The van der Waals surface area contributed by atoms with Gasteiger partial charge in [-0.2, -0.15) is 11.8 Å². The standard InChI is InChI=1S/C11H24N2O2S2/c1-3-4-10(7-12)8-13-5-6-16-9-11(13)17(2,14)15/h10-11H,3-9,12H2,1-2H3. The van der Waals surface area contributed by atoms with Crippen LogP contribution in [0.4, 0.5) is 0 Å². The molecule has 0 aromatic heterocycles. The molecular formula is C11H24N2O2S2. The third-order valence-electron chi connectivity index (χ3n) is 3.21. The van der Waals surface area contributed by atoms with Gasteiger partial charge >= 0.3 is 0 Å². The Bertz CT molecular complexity index is 319. The van der Waals surface area contributed by atoms with Crippen molar-refractivity contribution in [1.29, 1.82) is 0 Å². The van der Waals surface area contributed by atoms with Crippen molar-refractivity contribution >= 4 is 21.6 Å². The van der Waals surface area contributed by atoms with Gasteiger partial charge in [0.2, 0.25) is 0 Å². The van der Waals surface area contributed by atoms with E-state index >= 15 is 0 Å². The van der Waals surface area contributed by atoms with E-state index in [2.05, 4.69) is 11.8 Å². The van der Waals surface area contributed by atoms with Gasteiger partial charge in [-0.05, 0) is 18.9 Å². The van der Waals surface area contributed by atoms with E-state index in [1.54, 1.807) is 11.8 Å². The van der Waals surface area contributed by atoms with Crippen LogP contribution in [0.25, 0.3) is 0 Å². The summed E-state index contributed by atoms with van der Waals surface area (Å²) in [5.41, 5.74) is 5.75. The van der Waals surface area contributed by atoms with Gasteiger partial charge in [0, 0.05) is 30.9 Å². The third kappa shape index (κ3) is 4.77. The molecule has 2 N–H and O–H groups in total. The fourth-order valence-corrected chi connectivity index (χ4v) is 5.20. The maximum Gasteiger partial charge on any atom is 0.164 e. The highest BCUT2D eigenvalue weighted by molar-refractivity contribution is 8.00. The number of thioether (sulfide) groups is 1. The maximum absolute atomic E-state index is 11.7. The van der Waals surface area contributed by atoms with Gasteiger partial charge in [0.1, 0.15) is 5.37 Å². The SMILES string of the molecule is CCCC(CN)CN1CCSCC1S(C)(=O)=O. The molecule has 0 bridgehead atoms. The summed E-state index contributed by atoms with van der Waals surface area (Å²) in [5, 5.41) is -0.313.